The maximum atomic E-state index is 12.1. The number of nitrogens with zero attached hydrogens (tertiary/aromatic N) is 3. The SMILES string of the molecule is O=C(N/N=C/c1ccccc1O)c1n[nH]c(C(=O)N/N=C/c2ccccc2O)c1O. The molecular formula is C19H16N6O5. The average molecular weight is 408 g/mol. The van der Waals surface area contributed by atoms with E-state index in [0.29, 0.717) is 11.1 Å². The molecule has 1 heterocycles. The van der Waals surface area contributed by atoms with Crippen LogP contribution in [0.15, 0.2) is 58.7 Å². The van der Waals surface area contributed by atoms with Crippen molar-refractivity contribution in [1.29, 1.82) is 0 Å². The van der Waals surface area contributed by atoms with Crippen molar-refractivity contribution in [3.05, 3.63) is 71.0 Å². The number of amides is 2. The molecule has 0 aliphatic rings. The summed E-state index contributed by atoms with van der Waals surface area (Å²) < 4.78 is 0. The van der Waals surface area contributed by atoms with Crippen LogP contribution in [0.5, 0.6) is 17.2 Å². The molecule has 3 aromatic rings. The number of H-pyrrole nitrogens is 1. The second kappa shape index (κ2) is 9.01. The molecule has 0 aliphatic carbocycles. The van der Waals surface area contributed by atoms with Crippen LogP contribution < -0.4 is 10.9 Å². The van der Waals surface area contributed by atoms with Gasteiger partial charge < -0.3 is 15.3 Å². The normalized spacial score (nSPS) is 11.1. The maximum Gasteiger partial charge on any atom is 0.295 e. The molecule has 0 fully saturated rings. The van der Waals surface area contributed by atoms with Gasteiger partial charge >= 0.3 is 0 Å². The number of hydrazone groups is 2. The van der Waals surface area contributed by atoms with Gasteiger partial charge in [0.05, 0.1) is 12.4 Å². The van der Waals surface area contributed by atoms with E-state index in [4.69, 9.17) is 0 Å². The van der Waals surface area contributed by atoms with Crippen LogP contribution in [0, 0.1) is 0 Å². The highest BCUT2D eigenvalue weighted by Gasteiger charge is 2.23. The summed E-state index contributed by atoms with van der Waals surface area (Å²) in [6.07, 6.45) is 2.42. The Labute approximate surface area is 169 Å². The highest BCUT2D eigenvalue weighted by Crippen LogP contribution is 2.19. The molecule has 6 N–H and O–H groups in total. The number of phenols is 2. The molecule has 0 spiro atoms. The van der Waals surface area contributed by atoms with Gasteiger partial charge in [0.25, 0.3) is 11.8 Å². The molecule has 0 radical (unpaired) electrons. The number of carbonyl (C=O) groups excluding carboxylic acids is 2. The number of hydrogen-bond acceptors (Lipinski definition) is 8. The molecule has 0 aliphatic heterocycles. The summed E-state index contributed by atoms with van der Waals surface area (Å²) in [5.74, 6) is -2.49. The van der Waals surface area contributed by atoms with E-state index in [1.807, 2.05) is 0 Å². The lowest BCUT2D eigenvalue weighted by atomic mass is 10.2. The number of aromatic hydroxyl groups is 3. The smallest absolute Gasteiger partial charge is 0.295 e. The number of nitrogens with one attached hydrogen (secondary N) is 3. The van der Waals surface area contributed by atoms with Crippen molar-refractivity contribution in [2.75, 3.05) is 0 Å². The number of hydrogen-bond donors (Lipinski definition) is 6. The fraction of sp³-hybridized carbons (Fsp3) is 0. The van der Waals surface area contributed by atoms with Crippen LogP contribution in [-0.4, -0.2) is 49.8 Å². The third kappa shape index (κ3) is 4.59. The minimum Gasteiger partial charge on any atom is -0.507 e. The Morgan fingerprint density at radius 3 is 1.87 bits per heavy atom. The van der Waals surface area contributed by atoms with E-state index in [1.54, 1.807) is 36.4 Å². The Hall–Kier alpha value is -4.67. The summed E-state index contributed by atoms with van der Waals surface area (Å²) in [6.45, 7) is 0. The zero-order chi connectivity index (χ0) is 21.5. The number of phenolic OH excluding ortho intramolecular Hbond substituents is 2. The number of aromatic nitrogens is 2. The molecule has 0 saturated heterocycles. The summed E-state index contributed by atoms with van der Waals surface area (Å²) in [6, 6.07) is 12.7. The van der Waals surface area contributed by atoms with E-state index in [-0.39, 0.29) is 17.2 Å². The third-order valence-electron chi connectivity index (χ3n) is 3.80. The molecule has 152 valence electrons. The molecule has 30 heavy (non-hydrogen) atoms. The standard InChI is InChI=1S/C19H16N6O5/c26-13-7-3-1-5-11(13)9-20-24-18(29)15-17(28)16(23-22-15)19(30)25-21-10-12-6-2-4-8-14(12)27/h1-10,26-28H,(H,22,23)(H,24,29)(H,25,30)/b20-9+,21-10+. The second-order valence-corrected chi connectivity index (χ2v) is 5.81. The average Bonchev–Trinajstić information content (AvgIpc) is 3.12. The molecule has 11 nitrogen and oxygen atoms in total. The van der Waals surface area contributed by atoms with Crippen LogP contribution in [0.4, 0.5) is 0 Å². The van der Waals surface area contributed by atoms with Gasteiger partial charge in [0, 0.05) is 11.1 Å². The number of benzene rings is 2. The fourth-order valence-electron chi connectivity index (χ4n) is 2.28. The molecule has 11 heteroatoms. The highest BCUT2D eigenvalue weighted by molar-refractivity contribution is 6.02. The molecule has 0 bridgehead atoms. The van der Waals surface area contributed by atoms with Gasteiger partial charge in [-0.1, -0.05) is 24.3 Å². The Morgan fingerprint density at radius 1 is 0.833 bits per heavy atom. The Morgan fingerprint density at radius 2 is 1.33 bits per heavy atom. The lowest BCUT2D eigenvalue weighted by Crippen LogP contribution is -2.19. The van der Waals surface area contributed by atoms with Gasteiger partial charge in [-0.2, -0.15) is 15.3 Å². The van der Waals surface area contributed by atoms with Crippen molar-refractivity contribution in [3.63, 3.8) is 0 Å². The lowest BCUT2D eigenvalue weighted by molar-refractivity contribution is 0.0944. The van der Waals surface area contributed by atoms with Crippen molar-refractivity contribution in [1.82, 2.24) is 21.0 Å². The van der Waals surface area contributed by atoms with Crippen LogP contribution in [0.25, 0.3) is 0 Å². The van der Waals surface area contributed by atoms with E-state index >= 15 is 0 Å². The van der Waals surface area contributed by atoms with Gasteiger partial charge in [0.2, 0.25) is 0 Å². The first-order valence-corrected chi connectivity index (χ1v) is 8.47. The first-order chi connectivity index (χ1) is 14.5. The second-order valence-electron chi connectivity index (χ2n) is 5.81. The first kappa shape index (κ1) is 20.1. The Bertz CT molecular complexity index is 1050. The minimum atomic E-state index is -0.882. The van der Waals surface area contributed by atoms with Crippen molar-refractivity contribution in [2.45, 2.75) is 0 Å². The monoisotopic (exact) mass is 408 g/mol. The molecule has 2 amide bonds. The number of rotatable bonds is 6. The van der Waals surface area contributed by atoms with Gasteiger partial charge in [-0.15, -0.1) is 0 Å². The van der Waals surface area contributed by atoms with Gasteiger partial charge in [-0.3, -0.25) is 14.7 Å². The van der Waals surface area contributed by atoms with E-state index < -0.39 is 23.3 Å². The zero-order valence-electron chi connectivity index (χ0n) is 15.3. The van der Waals surface area contributed by atoms with Crippen molar-refractivity contribution < 1.29 is 24.9 Å². The van der Waals surface area contributed by atoms with Gasteiger partial charge in [-0.25, -0.2) is 10.9 Å². The molecule has 1 aromatic heterocycles. The predicted octanol–water partition coefficient (Wildman–Crippen LogP) is 1.05. The van der Waals surface area contributed by atoms with Crippen LogP contribution >= 0.6 is 0 Å². The van der Waals surface area contributed by atoms with E-state index in [2.05, 4.69) is 31.3 Å². The van der Waals surface area contributed by atoms with E-state index in [1.165, 1.54) is 24.6 Å². The summed E-state index contributed by atoms with van der Waals surface area (Å²) in [4.78, 5) is 24.2. The minimum absolute atomic E-state index is 0.0248. The van der Waals surface area contributed by atoms with Gasteiger partial charge in [-0.05, 0) is 24.3 Å². The van der Waals surface area contributed by atoms with Crippen LogP contribution in [-0.2, 0) is 0 Å². The van der Waals surface area contributed by atoms with Crippen LogP contribution in [0.3, 0.4) is 0 Å². The molecular weight excluding hydrogens is 392 g/mol. The Balaban J connectivity index is 1.63. The molecule has 3 rings (SSSR count). The third-order valence-corrected chi connectivity index (χ3v) is 3.80. The highest BCUT2D eigenvalue weighted by atomic mass is 16.3. The maximum absolute atomic E-state index is 12.1. The quantitative estimate of drug-likeness (QED) is 0.263. The van der Waals surface area contributed by atoms with E-state index in [0.717, 1.165) is 0 Å². The topological polar surface area (TPSA) is 172 Å². The van der Waals surface area contributed by atoms with Crippen LogP contribution in [0.1, 0.15) is 32.1 Å². The van der Waals surface area contributed by atoms with Gasteiger partial charge in [0.1, 0.15) is 11.5 Å². The number of carbonyl (C=O) groups is 2. The predicted molar refractivity (Wildman–Crippen MR) is 107 cm³/mol. The molecule has 2 aromatic carbocycles. The van der Waals surface area contributed by atoms with Crippen molar-refractivity contribution in [2.24, 2.45) is 10.2 Å². The zero-order valence-corrected chi connectivity index (χ0v) is 15.3. The molecule has 0 atom stereocenters. The summed E-state index contributed by atoms with van der Waals surface area (Å²) in [5.41, 5.74) is 4.15. The molecule has 0 unspecified atom stereocenters. The van der Waals surface area contributed by atoms with E-state index in [9.17, 15) is 24.9 Å². The van der Waals surface area contributed by atoms with Crippen molar-refractivity contribution >= 4 is 24.2 Å². The van der Waals surface area contributed by atoms with Gasteiger partial charge in [0.15, 0.2) is 17.1 Å². The number of para-hydroxylation sites is 2. The Kier molecular flexibility index (Phi) is 6.03. The summed E-state index contributed by atoms with van der Waals surface area (Å²) in [7, 11) is 0. The largest absolute Gasteiger partial charge is 0.507 e. The number of aromatic amines is 1. The summed E-state index contributed by atoms with van der Waals surface area (Å²) in [5, 5.41) is 42.5. The molecule has 0 saturated carbocycles. The summed E-state index contributed by atoms with van der Waals surface area (Å²) >= 11 is 0. The fourth-order valence-corrected chi connectivity index (χ4v) is 2.28. The van der Waals surface area contributed by atoms with Crippen LogP contribution in [0.2, 0.25) is 0 Å². The lowest BCUT2D eigenvalue weighted by Gasteiger charge is -2.00. The van der Waals surface area contributed by atoms with Crippen molar-refractivity contribution in [3.8, 4) is 17.2 Å². The first-order valence-electron chi connectivity index (χ1n) is 8.47.